The predicted octanol–water partition coefficient (Wildman–Crippen LogP) is 3.11. The number of ketones is 1. The van der Waals surface area contributed by atoms with E-state index >= 15 is 0 Å². The number of carbonyl (C=O) groups excluding carboxylic acids is 1. The third-order valence-electron chi connectivity index (χ3n) is 1.51. The van der Waals surface area contributed by atoms with Gasteiger partial charge in [0.1, 0.15) is 0 Å². The van der Waals surface area contributed by atoms with Gasteiger partial charge < -0.3 is 5.73 Å². The Morgan fingerprint density at radius 2 is 2.15 bits per heavy atom. The summed E-state index contributed by atoms with van der Waals surface area (Å²) in [5, 5.41) is 0.325. The number of nitrogens with two attached hydrogens (primary N) is 1. The highest BCUT2D eigenvalue weighted by Crippen LogP contribution is 2.27. The molecule has 0 saturated heterocycles. The average molecular weight is 283 g/mol. The molecular formula is C8H6BrCl2NO. The van der Waals surface area contributed by atoms with E-state index in [9.17, 15) is 4.79 Å². The molecule has 5 heteroatoms. The molecule has 1 rings (SSSR count). The van der Waals surface area contributed by atoms with E-state index in [1.807, 2.05) is 0 Å². The van der Waals surface area contributed by atoms with E-state index in [1.54, 1.807) is 6.07 Å². The van der Waals surface area contributed by atoms with Crippen LogP contribution in [0, 0.1) is 0 Å². The third kappa shape index (κ3) is 2.36. The van der Waals surface area contributed by atoms with Gasteiger partial charge in [0.15, 0.2) is 5.78 Å². The Hall–Kier alpha value is -0.250. The fourth-order valence-electron chi connectivity index (χ4n) is 0.848. The molecule has 0 aromatic heterocycles. The van der Waals surface area contributed by atoms with Crippen molar-refractivity contribution in [1.82, 2.24) is 0 Å². The molecule has 0 radical (unpaired) electrons. The molecule has 0 aliphatic carbocycles. The summed E-state index contributed by atoms with van der Waals surface area (Å²) >= 11 is 14.4. The van der Waals surface area contributed by atoms with Crippen LogP contribution >= 0.6 is 39.1 Å². The molecule has 70 valence electrons. The normalized spacial score (nSPS) is 10.1. The summed E-state index contributed by atoms with van der Waals surface area (Å²) in [5.74, 6) is -0.303. The first-order valence-corrected chi connectivity index (χ1v) is 5.10. The highest BCUT2D eigenvalue weighted by Gasteiger charge is 2.11. The number of Topliss-reactive ketones (excluding diaryl/α,β-unsaturated/α-hetero) is 1. The Bertz CT molecular complexity index is 354. The first-order valence-electron chi connectivity index (χ1n) is 3.40. The predicted molar refractivity (Wildman–Crippen MR) is 58.6 cm³/mol. The van der Waals surface area contributed by atoms with Crippen molar-refractivity contribution >= 4 is 50.6 Å². The first kappa shape index (κ1) is 10.8. The van der Waals surface area contributed by atoms with Crippen LogP contribution in [0.15, 0.2) is 16.6 Å². The van der Waals surface area contributed by atoms with Crippen LogP contribution < -0.4 is 5.73 Å². The van der Waals surface area contributed by atoms with Gasteiger partial charge in [0.25, 0.3) is 0 Å². The Labute approximate surface area is 94.1 Å². The van der Waals surface area contributed by atoms with Crippen molar-refractivity contribution in [3.63, 3.8) is 0 Å². The Kier molecular flexibility index (Phi) is 3.59. The van der Waals surface area contributed by atoms with Gasteiger partial charge in [0, 0.05) is 15.7 Å². The number of halogens is 3. The maximum absolute atomic E-state index is 11.2. The number of anilines is 1. The highest BCUT2D eigenvalue weighted by molar-refractivity contribution is 9.10. The molecule has 0 heterocycles. The van der Waals surface area contributed by atoms with Crippen molar-refractivity contribution in [2.75, 3.05) is 11.6 Å². The topological polar surface area (TPSA) is 43.1 Å². The lowest BCUT2D eigenvalue weighted by Gasteiger charge is -2.04. The smallest absolute Gasteiger partial charge is 0.179 e. The van der Waals surface area contributed by atoms with Crippen molar-refractivity contribution in [2.24, 2.45) is 0 Å². The highest BCUT2D eigenvalue weighted by atomic mass is 79.9. The number of hydrogen-bond donors (Lipinski definition) is 1. The Morgan fingerprint density at radius 1 is 1.54 bits per heavy atom. The second-order valence-electron chi connectivity index (χ2n) is 2.41. The van der Waals surface area contributed by atoms with Gasteiger partial charge in [-0.15, -0.1) is 11.6 Å². The maximum Gasteiger partial charge on any atom is 0.179 e. The first-order chi connectivity index (χ1) is 6.06. The molecular weight excluding hydrogens is 277 g/mol. The van der Waals surface area contributed by atoms with E-state index in [0.717, 1.165) is 0 Å². The number of carbonyl (C=O) groups is 1. The van der Waals surface area contributed by atoms with Gasteiger partial charge in [-0.1, -0.05) is 11.6 Å². The summed E-state index contributed by atoms with van der Waals surface area (Å²) in [7, 11) is 0. The molecule has 1 aromatic rings. The fourth-order valence-corrected chi connectivity index (χ4v) is 1.61. The van der Waals surface area contributed by atoms with Gasteiger partial charge in [-0.05, 0) is 28.1 Å². The fraction of sp³-hybridized carbons (Fsp3) is 0.125. The summed E-state index contributed by atoms with van der Waals surface area (Å²) < 4.78 is 0.644. The number of rotatable bonds is 2. The van der Waals surface area contributed by atoms with Crippen LogP contribution in [0.5, 0.6) is 0 Å². The third-order valence-corrected chi connectivity index (χ3v) is 2.75. The van der Waals surface area contributed by atoms with Gasteiger partial charge in [0.05, 0.1) is 10.9 Å². The zero-order valence-corrected chi connectivity index (χ0v) is 9.58. The molecule has 13 heavy (non-hydrogen) atoms. The van der Waals surface area contributed by atoms with Crippen LogP contribution in [0.3, 0.4) is 0 Å². The van der Waals surface area contributed by atoms with Gasteiger partial charge in [-0.2, -0.15) is 0 Å². The largest absolute Gasteiger partial charge is 0.398 e. The van der Waals surface area contributed by atoms with Crippen molar-refractivity contribution < 1.29 is 4.79 Å². The average Bonchev–Trinajstić information content (AvgIpc) is 2.10. The van der Waals surface area contributed by atoms with Crippen LogP contribution in [0.4, 0.5) is 5.69 Å². The van der Waals surface area contributed by atoms with Gasteiger partial charge in [-0.25, -0.2) is 0 Å². The van der Waals surface area contributed by atoms with Gasteiger partial charge >= 0.3 is 0 Å². The quantitative estimate of drug-likeness (QED) is 0.515. The summed E-state index contributed by atoms with van der Waals surface area (Å²) in [6, 6.07) is 3.09. The zero-order chi connectivity index (χ0) is 10.0. The molecule has 0 fully saturated rings. The van der Waals surface area contributed by atoms with E-state index in [-0.39, 0.29) is 11.7 Å². The molecule has 0 unspecified atom stereocenters. The number of benzene rings is 1. The molecule has 0 bridgehead atoms. The van der Waals surface area contributed by atoms with Crippen molar-refractivity contribution in [3.05, 3.63) is 27.2 Å². The lowest BCUT2D eigenvalue weighted by molar-refractivity contribution is 0.102. The number of alkyl halides is 1. The summed E-state index contributed by atoms with van der Waals surface area (Å²) in [6.45, 7) is 0. The van der Waals surface area contributed by atoms with E-state index < -0.39 is 0 Å². The van der Waals surface area contributed by atoms with E-state index in [4.69, 9.17) is 28.9 Å². The van der Waals surface area contributed by atoms with Crippen LogP contribution in [0.25, 0.3) is 0 Å². The van der Waals surface area contributed by atoms with Crippen LogP contribution in [0.2, 0.25) is 5.02 Å². The van der Waals surface area contributed by atoms with Crippen LogP contribution in [0.1, 0.15) is 10.4 Å². The van der Waals surface area contributed by atoms with E-state index in [0.29, 0.717) is 20.7 Å². The molecule has 0 aliphatic heterocycles. The second kappa shape index (κ2) is 4.31. The summed E-state index contributed by atoms with van der Waals surface area (Å²) in [5.41, 5.74) is 6.44. The molecule has 0 amide bonds. The van der Waals surface area contributed by atoms with Crippen LogP contribution in [-0.4, -0.2) is 11.7 Å². The Balaban J connectivity index is 3.23. The molecule has 2 N–H and O–H groups in total. The minimum Gasteiger partial charge on any atom is -0.398 e. The lowest BCUT2D eigenvalue weighted by Crippen LogP contribution is -2.02. The van der Waals surface area contributed by atoms with Crippen molar-refractivity contribution in [2.45, 2.75) is 0 Å². The zero-order valence-electron chi connectivity index (χ0n) is 6.48. The summed E-state index contributed by atoms with van der Waals surface area (Å²) in [4.78, 5) is 11.2. The Morgan fingerprint density at radius 3 is 2.69 bits per heavy atom. The second-order valence-corrected chi connectivity index (χ2v) is 3.94. The lowest BCUT2D eigenvalue weighted by atomic mass is 10.1. The number of nitrogen functional groups attached to an aromatic ring is 1. The minimum atomic E-state index is -0.215. The molecule has 1 aromatic carbocycles. The van der Waals surface area contributed by atoms with Crippen molar-refractivity contribution in [3.8, 4) is 0 Å². The van der Waals surface area contributed by atoms with Gasteiger partial charge in [0.2, 0.25) is 0 Å². The number of hydrogen-bond acceptors (Lipinski definition) is 2. The molecule has 0 spiro atoms. The van der Waals surface area contributed by atoms with Crippen molar-refractivity contribution in [1.29, 1.82) is 0 Å². The maximum atomic E-state index is 11.2. The molecule has 0 aliphatic rings. The standard InChI is InChI=1S/C8H6BrCl2NO/c9-5-1-4(8(13)3-10)6(11)2-7(5)12/h1-2H,3,12H2. The molecule has 0 atom stereocenters. The molecule has 2 nitrogen and oxygen atoms in total. The van der Waals surface area contributed by atoms with Gasteiger partial charge in [-0.3, -0.25) is 4.79 Å². The monoisotopic (exact) mass is 281 g/mol. The van der Waals surface area contributed by atoms with Crippen LogP contribution in [-0.2, 0) is 0 Å². The van der Waals surface area contributed by atoms with E-state index in [1.165, 1.54) is 6.07 Å². The summed E-state index contributed by atoms with van der Waals surface area (Å²) in [6.07, 6.45) is 0. The minimum absolute atomic E-state index is 0.0872. The van der Waals surface area contributed by atoms with E-state index in [2.05, 4.69) is 15.9 Å². The molecule has 0 saturated carbocycles. The SMILES string of the molecule is Nc1cc(Cl)c(C(=O)CCl)cc1Br.